The fourth-order valence-electron chi connectivity index (χ4n) is 1.82. The lowest BCUT2D eigenvalue weighted by molar-refractivity contribution is -0.122. The topological polar surface area (TPSA) is 58.6 Å². The molecule has 0 radical (unpaired) electrons. The van der Waals surface area contributed by atoms with Gasteiger partial charge in [-0.15, -0.1) is 13.0 Å². The van der Waals surface area contributed by atoms with Crippen LogP contribution in [0.25, 0.3) is 6.08 Å². The molecule has 0 aromatic heterocycles. The Morgan fingerprint density at radius 1 is 1.33 bits per heavy atom. The summed E-state index contributed by atoms with van der Waals surface area (Å²) >= 11 is 0. The van der Waals surface area contributed by atoms with Gasteiger partial charge in [-0.1, -0.05) is 24.1 Å². The molecule has 3 amide bonds. The van der Waals surface area contributed by atoms with Gasteiger partial charge in [-0.2, -0.15) is 0 Å². The minimum absolute atomic E-state index is 0.181. The molecule has 1 heterocycles. The number of terminal acetylenes is 1. The number of nitrogens with one attached hydrogen (secondary N) is 1. The van der Waals surface area contributed by atoms with Crippen molar-refractivity contribution < 1.29 is 14.3 Å². The standard InChI is InChI=1S/C16H14N2O3/c1-3-9-18-15(19)14(17-16(18)20)11-12-5-7-13(8-6-12)21-10-4-2/h2-3,5-8,11H,1,9-10H2,(H,17,20)/b14-11+. The molecule has 0 saturated carbocycles. The second-order valence-electron chi connectivity index (χ2n) is 4.25. The molecule has 0 aliphatic carbocycles. The summed E-state index contributed by atoms with van der Waals surface area (Å²) in [5, 5.41) is 2.53. The van der Waals surface area contributed by atoms with E-state index in [4.69, 9.17) is 11.2 Å². The van der Waals surface area contributed by atoms with Crippen molar-refractivity contribution in [2.24, 2.45) is 0 Å². The fourth-order valence-corrected chi connectivity index (χ4v) is 1.82. The van der Waals surface area contributed by atoms with Crippen LogP contribution in [-0.2, 0) is 4.79 Å². The number of rotatable bonds is 5. The Balaban J connectivity index is 2.13. The Kier molecular flexibility index (Phi) is 4.42. The molecule has 0 unspecified atom stereocenters. The van der Waals surface area contributed by atoms with Crippen LogP contribution in [0, 0.1) is 12.3 Å². The lowest BCUT2D eigenvalue weighted by Crippen LogP contribution is -2.30. The Hall–Kier alpha value is -3.00. The van der Waals surface area contributed by atoms with Crippen LogP contribution in [0.2, 0.25) is 0 Å². The van der Waals surface area contributed by atoms with Crippen LogP contribution in [0.1, 0.15) is 5.56 Å². The summed E-state index contributed by atoms with van der Waals surface area (Å²) in [5.41, 5.74) is 1.01. The molecule has 0 bridgehead atoms. The Morgan fingerprint density at radius 2 is 2.05 bits per heavy atom. The van der Waals surface area contributed by atoms with Crippen molar-refractivity contribution >= 4 is 18.0 Å². The normalized spacial score (nSPS) is 15.8. The van der Waals surface area contributed by atoms with Crippen LogP contribution in [0.4, 0.5) is 4.79 Å². The number of nitrogens with zero attached hydrogens (tertiary/aromatic N) is 1. The largest absolute Gasteiger partial charge is 0.481 e. The molecule has 5 heteroatoms. The van der Waals surface area contributed by atoms with E-state index in [1.165, 1.54) is 6.08 Å². The highest BCUT2D eigenvalue weighted by Crippen LogP contribution is 2.17. The monoisotopic (exact) mass is 282 g/mol. The van der Waals surface area contributed by atoms with Crippen molar-refractivity contribution in [1.29, 1.82) is 0 Å². The molecule has 1 aromatic rings. The van der Waals surface area contributed by atoms with E-state index >= 15 is 0 Å². The molecule has 5 nitrogen and oxygen atoms in total. The van der Waals surface area contributed by atoms with E-state index in [1.807, 2.05) is 0 Å². The highest BCUT2D eigenvalue weighted by atomic mass is 16.5. The number of amides is 3. The van der Waals surface area contributed by atoms with Crippen LogP contribution < -0.4 is 10.1 Å². The third-order valence-corrected chi connectivity index (χ3v) is 2.79. The van der Waals surface area contributed by atoms with Gasteiger partial charge in [0.05, 0.1) is 0 Å². The van der Waals surface area contributed by atoms with Gasteiger partial charge in [0, 0.05) is 6.54 Å². The SMILES string of the molecule is C#CCOc1ccc(/C=C2/NC(=O)N(CC=C)C2=O)cc1. The third-order valence-electron chi connectivity index (χ3n) is 2.79. The first-order valence-corrected chi connectivity index (χ1v) is 6.27. The van der Waals surface area contributed by atoms with E-state index in [9.17, 15) is 9.59 Å². The maximum absolute atomic E-state index is 12.0. The summed E-state index contributed by atoms with van der Waals surface area (Å²) < 4.78 is 5.25. The van der Waals surface area contributed by atoms with Crippen molar-refractivity contribution in [2.75, 3.05) is 13.2 Å². The van der Waals surface area contributed by atoms with Crippen molar-refractivity contribution in [3.63, 3.8) is 0 Å². The minimum Gasteiger partial charge on any atom is -0.481 e. The van der Waals surface area contributed by atoms with Gasteiger partial charge in [-0.25, -0.2) is 4.79 Å². The number of benzene rings is 1. The molecule has 1 saturated heterocycles. The van der Waals surface area contributed by atoms with Crippen molar-refractivity contribution in [3.8, 4) is 18.1 Å². The summed E-state index contributed by atoms with van der Waals surface area (Å²) in [6, 6.07) is 6.59. The number of imide groups is 1. The zero-order valence-corrected chi connectivity index (χ0v) is 11.3. The van der Waals surface area contributed by atoms with Gasteiger partial charge in [0.15, 0.2) is 0 Å². The summed E-state index contributed by atoms with van der Waals surface area (Å²) in [5.74, 6) is 2.65. The van der Waals surface area contributed by atoms with E-state index in [0.717, 1.165) is 10.5 Å². The first-order valence-electron chi connectivity index (χ1n) is 6.27. The molecule has 1 N–H and O–H groups in total. The summed E-state index contributed by atoms with van der Waals surface area (Å²) in [4.78, 5) is 24.7. The molecule has 0 spiro atoms. The molecule has 1 aliphatic heterocycles. The van der Waals surface area contributed by atoms with Gasteiger partial charge < -0.3 is 10.1 Å². The van der Waals surface area contributed by atoms with Gasteiger partial charge in [0.2, 0.25) is 0 Å². The number of urea groups is 1. The maximum Gasteiger partial charge on any atom is 0.329 e. The van der Waals surface area contributed by atoms with Crippen LogP contribution in [0.15, 0.2) is 42.6 Å². The van der Waals surface area contributed by atoms with Crippen LogP contribution in [0.5, 0.6) is 5.75 Å². The lowest BCUT2D eigenvalue weighted by atomic mass is 10.2. The fraction of sp³-hybridized carbons (Fsp3) is 0.125. The van der Waals surface area contributed by atoms with Gasteiger partial charge >= 0.3 is 6.03 Å². The van der Waals surface area contributed by atoms with E-state index in [-0.39, 0.29) is 24.8 Å². The average Bonchev–Trinajstić information content (AvgIpc) is 2.75. The predicted molar refractivity (Wildman–Crippen MR) is 79.2 cm³/mol. The number of ether oxygens (including phenoxy) is 1. The van der Waals surface area contributed by atoms with Gasteiger partial charge in [-0.3, -0.25) is 9.69 Å². The Bertz CT molecular complexity index is 638. The molecule has 21 heavy (non-hydrogen) atoms. The zero-order chi connectivity index (χ0) is 15.2. The highest BCUT2D eigenvalue weighted by molar-refractivity contribution is 6.14. The average molecular weight is 282 g/mol. The Labute approximate surface area is 122 Å². The van der Waals surface area contributed by atoms with Gasteiger partial charge in [0.1, 0.15) is 18.1 Å². The first-order chi connectivity index (χ1) is 10.2. The van der Waals surface area contributed by atoms with Crippen LogP contribution >= 0.6 is 0 Å². The summed E-state index contributed by atoms with van der Waals surface area (Å²) in [6.45, 7) is 3.90. The molecule has 1 aromatic carbocycles. The van der Waals surface area contributed by atoms with Crippen molar-refractivity contribution in [1.82, 2.24) is 10.2 Å². The number of carbonyl (C=O) groups is 2. The zero-order valence-electron chi connectivity index (χ0n) is 11.3. The van der Waals surface area contributed by atoms with Gasteiger partial charge in [0.25, 0.3) is 5.91 Å². The summed E-state index contributed by atoms with van der Waals surface area (Å²) in [6.07, 6.45) is 8.21. The van der Waals surface area contributed by atoms with E-state index < -0.39 is 6.03 Å². The van der Waals surface area contributed by atoms with Crippen molar-refractivity contribution in [2.45, 2.75) is 0 Å². The molecule has 0 atom stereocenters. The van der Waals surface area contributed by atoms with E-state index in [0.29, 0.717) is 5.75 Å². The minimum atomic E-state index is -0.444. The maximum atomic E-state index is 12.0. The molecule has 1 aliphatic rings. The molecule has 1 fully saturated rings. The first kappa shape index (κ1) is 14.4. The van der Waals surface area contributed by atoms with E-state index in [2.05, 4.69) is 17.8 Å². The van der Waals surface area contributed by atoms with Crippen LogP contribution in [-0.4, -0.2) is 30.0 Å². The number of hydrogen-bond acceptors (Lipinski definition) is 3. The van der Waals surface area contributed by atoms with Crippen LogP contribution in [0.3, 0.4) is 0 Å². The number of hydrogen-bond donors (Lipinski definition) is 1. The molecule has 2 rings (SSSR count). The molecule has 106 valence electrons. The predicted octanol–water partition coefficient (Wildman–Crippen LogP) is 1.78. The second kappa shape index (κ2) is 6.44. The second-order valence-corrected chi connectivity index (χ2v) is 4.25. The number of carbonyl (C=O) groups excluding carboxylic acids is 2. The lowest BCUT2D eigenvalue weighted by Gasteiger charge is -2.06. The van der Waals surface area contributed by atoms with Gasteiger partial charge in [-0.05, 0) is 23.8 Å². The third kappa shape index (κ3) is 3.31. The smallest absolute Gasteiger partial charge is 0.329 e. The summed E-state index contributed by atoms with van der Waals surface area (Å²) in [7, 11) is 0. The Morgan fingerprint density at radius 3 is 2.67 bits per heavy atom. The van der Waals surface area contributed by atoms with Crippen molar-refractivity contribution in [3.05, 3.63) is 48.2 Å². The van der Waals surface area contributed by atoms with E-state index in [1.54, 1.807) is 30.3 Å². The quantitative estimate of drug-likeness (QED) is 0.387. The molecular weight excluding hydrogens is 268 g/mol. The highest BCUT2D eigenvalue weighted by Gasteiger charge is 2.32. The molecular formula is C16H14N2O3.